The second-order valence-electron chi connectivity index (χ2n) is 17.0. The largest absolute Gasteiger partial charge is 0.461 e. The highest BCUT2D eigenvalue weighted by Crippen LogP contribution is 2.43. The number of hydrogen-bond acceptors (Lipinski definition) is 11. The lowest BCUT2D eigenvalue weighted by Crippen LogP contribution is -2.60. The number of alkyl carbamates (subject to hydrolysis) is 1. The summed E-state index contributed by atoms with van der Waals surface area (Å²) in [6.07, 6.45) is -0.791. The molecule has 0 aliphatic carbocycles. The highest BCUT2D eigenvalue weighted by Gasteiger charge is 2.49. The normalized spacial score (nSPS) is 28.3. The zero-order chi connectivity index (χ0) is 42.0. The lowest BCUT2D eigenvalue weighted by atomic mass is 9.90. The van der Waals surface area contributed by atoms with Crippen LogP contribution in [0.25, 0.3) is 32.9 Å². The zero-order valence-electron chi connectivity index (χ0n) is 32.9. The van der Waals surface area contributed by atoms with E-state index in [0.717, 1.165) is 11.3 Å². The van der Waals surface area contributed by atoms with Crippen LogP contribution in [0.3, 0.4) is 0 Å². The van der Waals surface area contributed by atoms with Crippen LogP contribution >= 0.6 is 0 Å². The number of rotatable bonds is 4. The molecule has 1 unspecified atom stereocenters. The van der Waals surface area contributed by atoms with Crippen LogP contribution in [0.1, 0.15) is 57.4 Å². The predicted octanol–water partition coefficient (Wildman–Crippen LogP) is 6.88. The molecule has 2 aromatic heterocycles. The minimum absolute atomic E-state index is 0.0182. The molecule has 60 heavy (non-hydrogen) atoms. The highest BCUT2D eigenvalue weighted by molar-refractivity contribution is 6.02. The van der Waals surface area contributed by atoms with Gasteiger partial charge in [0.1, 0.15) is 53.6 Å². The second-order valence-corrected chi connectivity index (χ2v) is 17.0. The van der Waals surface area contributed by atoms with Gasteiger partial charge in [0.15, 0.2) is 5.82 Å². The lowest BCUT2D eigenvalue weighted by molar-refractivity contribution is 0.0826. The van der Waals surface area contributed by atoms with Crippen LogP contribution in [0.15, 0.2) is 30.5 Å². The number of ether oxygens (including phenoxy) is 3. The van der Waals surface area contributed by atoms with Crippen molar-refractivity contribution >= 4 is 39.7 Å². The van der Waals surface area contributed by atoms with Gasteiger partial charge >= 0.3 is 18.2 Å². The number of nitriles is 1. The van der Waals surface area contributed by atoms with E-state index in [1.165, 1.54) is 30.5 Å². The molecule has 5 atom stereocenters. The predicted molar refractivity (Wildman–Crippen MR) is 208 cm³/mol. The monoisotopic (exact) mass is 834 g/mol. The minimum atomic E-state index is -2.25. The molecule has 0 saturated carbocycles. The Morgan fingerprint density at radius 3 is 2.72 bits per heavy atom. The van der Waals surface area contributed by atoms with Gasteiger partial charge in [0.05, 0.1) is 36.2 Å². The SMILES string of the molecule is C[C@@]12C[C@@H](F)CN(C1)c1nc(OC[C@@]34CCCN3C[C@H](F)C4)nc3c(F)c(ncc13)-c1cc(OC(=O)N3CCCC(F)(C#N)C3)cc3ccc(F)c(c13)CCCOC(=O)N2. The maximum atomic E-state index is 17.5. The van der Waals surface area contributed by atoms with Gasteiger partial charge in [-0.1, -0.05) is 6.07 Å². The molecule has 18 heteroatoms. The number of aryl methyl sites for hydroxylation is 1. The standard InChI is InChI=1S/C42H43F5N8O5/c1-40-15-25(43)18-54(21-40)36-30-17-49-34(33(46)35(30)50-37(51-36)59-23-42-9-4-11-55(42)19-26(44)16-42)29-14-27(60-39(57)53-10-3-8-41(47,20-48)22-53)13-24-6-7-31(45)28(32(24)29)5-2-12-58-38(56)52-40/h6-7,13-14,17,25-26H,2-5,8-12,15-16,18-19,21-23H2,1H3,(H,52,56)/t25-,26-,40-,41?,42+/m1/s1. The summed E-state index contributed by atoms with van der Waals surface area (Å²) >= 11 is 0. The molecule has 4 fully saturated rings. The molecule has 6 aliphatic rings. The van der Waals surface area contributed by atoms with E-state index in [0.29, 0.717) is 18.4 Å². The van der Waals surface area contributed by atoms with Crippen LogP contribution in [0.4, 0.5) is 37.4 Å². The molecule has 13 nitrogen and oxygen atoms in total. The first kappa shape index (κ1) is 39.9. The maximum Gasteiger partial charge on any atom is 0.415 e. The van der Waals surface area contributed by atoms with Crippen LogP contribution in [0.5, 0.6) is 11.8 Å². The van der Waals surface area contributed by atoms with Crippen molar-refractivity contribution in [2.75, 3.05) is 57.4 Å². The number of aromatic nitrogens is 3. The number of benzene rings is 2. The Kier molecular flexibility index (Phi) is 10.1. The number of alkyl halides is 3. The summed E-state index contributed by atoms with van der Waals surface area (Å²) in [7, 11) is 0. The Balaban J connectivity index is 1.20. The molecule has 10 rings (SSSR count). The van der Waals surface area contributed by atoms with E-state index in [-0.39, 0.29) is 129 Å². The first-order chi connectivity index (χ1) is 28.7. The van der Waals surface area contributed by atoms with E-state index in [9.17, 15) is 19.2 Å². The van der Waals surface area contributed by atoms with Crippen LogP contribution in [-0.4, -0.2) is 119 Å². The molecule has 6 bridgehead atoms. The third-order valence-corrected chi connectivity index (χ3v) is 12.5. The van der Waals surface area contributed by atoms with E-state index in [4.69, 9.17) is 14.2 Å². The topological polar surface area (TPSA) is 146 Å². The number of pyridine rings is 1. The number of amides is 2. The van der Waals surface area contributed by atoms with Gasteiger partial charge in [-0.2, -0.15) is 15.2 Å². The van der Waals surface area contributed by atoms with Crippen molar-refractivity contribution in [3.8, 4) is 29.1 Å². The third-order valence-electron chi connectivity index (χ3n) is 12.5. The van der Waals surface area contributed by atoms with Crippen molar-refractivity contribution in [1.82, 2.24) is 30.1 Å². The van der Waals surface area contributed by atoms with Gasteiger partial charge in [-0.15, -0.1) is 0 Å². The van der Waals surface area contributed by atoms with Gasteiger partial charge in [-0.05, 0) is 86.5 Å². The Hall–Kier alpha value is -5.57. The summed E-state index contributed by atoms with van der Waals surface area (Å²) < 4.78 is 96.3. The molecule has 4 saturated heterocycles. The van der Waals surface area contributed by atoms with Gasteiger partial charge in [0.25, 0.3) is 0 Å². The minimum Gasteiger partial charge on any atom is -0.461 e. The average Bonchev–Trinajstić information content (AvgIpc) is 3.74. The summed E-state index contributed by atoms with van der Waals surface area (Å²) in [5, 5.41) is 12.8. The summed E-state index contributed by atoms with van der Waals surface area (Å²) in [4.78, 5) is 45.0. The van der Waals surface area contributed by atoms with Crippen molar-refractivity contribution in [3.63, 3.8) is 0 Å². The number of anilines is 1. The lowest BCUT2D eigenvalue weighted by Gasteiger charge is -2.42. The number of nitrogens with one attached hydrogen (secondary N) is 1. The first-order valence-corrected chi connectivity index (χ1v) is 20.3. The smallest absolute Gasteiger partial charge is 0.415 e. The Labute approximate surface area is 341 Å². The molecule has 0 radical (unpaired) electrons. The number of hydrogen-bond donors (Lipinski definition) is 1. The van der Waals surface area contributed by atoms with Crippen LogP contribution < -0.4 is 19.7 Å². The fourth-order valence-corrected chi connectivity index (χ4v) is 9.86. The van der Waals surface area contributed by atoms with E-state index in [1.807, 2.05) is 4.90 Å². The van der Waals surface area contributed by atoms with Crippen molar-refractivity contribution < 1.29 is 45.8 Å². The summed E-state index contributed by atoms with van der Waals surface area (Å²) in [5.41, 5.74) is -4.38. The van der Waals surface area contributed by atoms with Crippen molar-refractivity contribution in [1.29, 1.82) is 5.26 Å². The molecule has 1 N–H and O–H groups in total. The molecule has 2 aromatic carbocycles. The average molecular weight is 835 g/mol. The van der Waals surface area contributed by atoms with Crippen LogP contribution in [0.2, 0.25) is 0 Å². The summed E-state index contributed by atoms with van der Waals surface area (Å²) in [5.74, 6) is -1.60. The number of piperidine rings is 2. The van der Waals surface area contributed by atoms with E-state index >= 15 is 17.6 Å². The molecule has 8 heterocycles. The van der Waals surface area contributed by atoms with E-state index in [2.05, 4.69) is 20.3 Å². The number of nitrogens with zero attached hydrogens (tertiary/aromatic N) is 7. The van der Waals surface area contributed by atoms with Crippen LogP contribution in [-0.2, 0) is 11.2 Å². The van der Waals surface area contributed by atoms with Crippen LogP contribution in [0, 0.1) is 23.0 Å². The van der Waals surface area contributed by atoms with Crippen molar-refractivity contribution in [2.24, 2.45) is 0 Å². The molecule has 2 amide bonds. The second kappa shape index (κ2) is 15.2. The fraction of sp³-hybridized carbons (Fsp3) is 0.524. The highest BCUT2D eigenvalue weighted by atomic mass is 19.2. The molecule has 4 aromatic rings. The zero-order valence-corrected chi connectivity index (χ0v) is 32.9. The third kappa shape index (κ3) is 7.34. The van der Waals surface area contributed by atoms with Gasteiger partial charge in [0.2, 0.25) is 5.67 Å². The van der Waals surface area contributed by atoms with Gasteiger partial charge in [-0.3, -0.25) is 9.88 Å². The van der Waals surface area contributed by atoms with Gasteiger partial charge in [-0.25, -0.2) is 31.5 Å². The van der Waals surface area contributed by atoms with Gasteiger partial charge < -0.3 is 29.3 Å². The van der Waals surface area contributed by atoms with Crippen molar-refractivity contribution in [2.45, 2.75) is 87.4 Å². The molecule has 0 spiro atoms. The van der Waals surface area contributed by atoms with E-state index in [1.54, 1.807) is 17.9 Å². The Bertz CT molecular complexity index is 2440. The quantitative estimate of drug-likeness (QED) is 0.215. The number of fused-ring (bicyclic) bond motifs is 7. The summed E-state index contributed by atoms with van der Waals surface area (Å²) in [6, 6.07) is 6.83. The molecular weight excluding hydrogens is 792 g/mol. The summed E-state index contributed by atoms with van der Waals surface area (Å²) in [6.45, 7) is 2.04. The van der Waals surface area contributed by atoms with E-state index < -0.39 is 59.5 Å². The van der Waals surface area contributed by atoms with Gasteiger partial charge in [0, 0.05) is 44.2 Å². The number of likely N-dealkylation sites (tertiary alicyclic amines) is 1. The molecular formula is C42H43F5N8O5. The number of carbonyl (C=O) groups excluding carboxylic acids is 2. The molecule has 316 valence electrons. The Morgan fingerprint density at radius 2 is 1.88 bits per heavy atom. The Morgan fingerprint density at radius 1 is 1.07 bits per heavy atom. The molecule has 6 aliphatic heterocycles. The van der Waals surface area contributed by atoms with Crippen molar-refractivity contribution in [3.05, 3.63) is 47.7 Å². The number of carbonyl (C=O) groups is 2. The fourth-order valence-electron chi connectivity index (χ4n) is 9.86. The first-order valence-electron chi connectivity index (χ1n) is 20.3. The number of halogens is 5. The maximum absolute atomic E-state index is 17.5.